The van der Waals surface area contributed by atoms with E-state index in [1.165, 1.54) is 37.4 Å². The Bertz CT molecular complexity index is 825. The van der Waals surface area contributed by atoms with Crippen LogP contribution in [0.25, 0.3) is 0 Å². The molecule has 2 N–H and O–H groups in total. The Kier molecular flexibility index (Phi) is 6.10. The molecule has 0 fully saturated rings. The van der Waals surface area contributed by atoms with Crippen LogP contribution in [0.3, 0.4) is 0 Å². The van der Waals surface area contributed by atoms with Gasteiger partial charge in [-0.2, -0.15) is 13.2 Å². The van der Waals surface area contributed by atoms with Gasteiger partial charge in [-0.1, -0.05) is 23.7 Å². The van der Waals surface area contributed by atoms with Crippen LogP contribution in [0.2, 0.25) is 5.02 Å². The van der Waals surface area contributed by atoms with Crippen LogP contribution < -0.4 is 15.4 Å². The number of anilines is 2. The number of carbonyl (C=O) groups excluding carboxylic acids is 2. The van der Waals surface area contributed by atoms with Gasteiger partial charge in [-0.05, 0) is 30.3 Å². The normalized spacial score (nSPS) is 11.0. The molecule has 0 bridgehead atoms. The van der Waals surface area contributed by atoms with Crippen LogP contribution in [0.4, 0.5) is 24.5 Å². The number of rotatable bonds is 5. The number of para-hydroxylation sites is 1. The van der Waals surface area contributed by atoms with Gasteiger partial charge < -0.3 is 15.4 Å². The quantitative estimate of drug-likeness (QED) is 0.751. The first-order chi connectivity index (χ1) is 12.2. The number of ether oxygens (including phenoxy) is 1. The molecule has 26 heavy (non-hydrogen) atoms. The van der Waals surface area contributed by atoms with Gasteiger partial charge in [0.25, 0.3) is 0 Å². The second kappa shape index (κ2) is 8.09. The van der Waals surface area contributed by atoms with Crippen molar-refractivity contribution >= 4 is 34.8 Å². The molecule has 5 nitrogen and oxygen atoms in total. The monoisotopic (exact) mass is 386 g/mol. The Labute approximate surface area is 152 Å². The van der Waals surface area contributed by atoms with Gasteiger partial charge in [0.15, 0.2) is 0 Å². The minimum Gasteiger partial charge on any atom is -0.495 e. The summed E-state index contributed by atoms with van der Waals surface area (Å²) in [6.07, 6.45) is -5.28. The third-order valence-corrected chi connectivity index (χ3v) is 3.56. The van der Waals surface area contributed by atoms with Crippen LogP contribution in [-0.2, 0) is 15.8 Å². The highest BCUT2D eigenvalue weighted by Gasteiger charge is 2.33. The largest absolute Gasteiger partial charge is 0.495 e. The number of hydrogen-bond donors (Lipinski definition) is 2. The summed E-state index contributed by atoms with van der Waals surface area (Å²) in [5, 5.41) is 4.79. The molecule has 2 amide bonds. The van der Waals surface area contributed by atoms with Crippen LogP contribution >= 0.6 is 11.6 Å². The van der Waals surface area contributed by atoms with Crippen LogP contribution in [0.5, 0.6) is 5.75 Å². The lowest BCUT2D eigenvalue weighted by molar-refractivity contribution is -0.137. The maximum absolute atomic E-state index is 12.9. The number of hydrogen-bond acceptors (Lipinski definition) is 3. The third-order valence-electron chi connectivity index (χ3n) is 3.26. The van der Waals surface area contributed by atoms with E-state index in [1.807, 2.05) is 0 Å². The molecule has 0 unspecified atom stereocenters. The number of carbonyl (C=O) groups is 2. The first-order valence-corrected chi connectivity index (χ1v) is 7.68. The Balaban J connectivity index is 2.00. The number of amides is 2. The van der Waals surface area contributed by atoms with Crippen molar-refractivity contribution in [3.05, 3.63) is 53.1 Å². The summed E-state index contributed by atoms with van der Waals surface area (Å²) in [4.78, 5) is 23.8. The summed E-state index contributed by atoms with van der Waals surface area (Å²) >= 11 is 5.92. The van der Waals surface area contributed by atoms with E-state index in [1.54, 1.807) is 0 Å². The van der Waals surface area contributed by atoms with E-state index < -0.39 is 35.7 Å². The lowest BCUT2D eigenvalue weighted by Gasteiger charge is -2.13. The number of alkyl halides is 3. The van der Waals surface area contributed by atoms with E-state index in [0.29, 0.717) is 11.4 Å². The van der Waals surface area contributed by atoms with Gasteiger partial charge in [0, 0.05) is 5.69 Å². The molecular weight excluding hydrogens is 373 g/mol. The number of nitrogens with one attached hydrogen (secondary N) is 2. The summed E-state index contributed by atoms with van der Waals surface area (Å²) in [6, 6.07) is 8.98. The average Bonchev–Trinajstić information content (AvgIpc) is 2.54. The number of benzene rings is 2. The van der Waals surface area contributed by atoms with E-state index in [4.69, 9.17) is 16.3 Å². The highest BCUT2D eigenvalue weighted by Crippen LogP contribution is 2.34. The molecule has 0 radical (unpaired) electrons. The highest BCUT2D eigenvalue weighted by atomic mass is 35.5. The van der Waals surface area contributed by atoms with Crippen molar-refractivity contribution in [2.24, 2.45) is 0 Å². The SMILES string of the molecule is COc1ccc(NC(=O)CC(=O)Nc2ccccc2C(F)(F)F)cc1Cl. The molecule has 0 heterocycles. The van der Waals surface area contributed by atoms with Crippen molar-refractivity contribution in [1.29, 1.82) is 0 Å². The minimum atomic E-state index is -4.62. The van der Waals surface area contributed by atoms with Gasteiger partial charge in [-0.15, -0.1) is 0 Å². The molecule has 0 aromatic heterocycles. The van der Waals surface area contributed by atoms with E-state index in [2.05, 4.69) is 10.6 Å². The average molecular weight is 387 g/mol. The zero-order valence-electron chi connectivity index (χ0n) is 13.5. The maximum atomic E-state index is 12.9. The van der Waals surface area contributed by atoms with Crippen LogP contribution in [0, 0.1) is 0 Å². The van der Waals surface area contributed by atoms with Crippen LogP contribution in [0.15, 0.2) is 42.5 Å². The van der Waals surface area contributed by atoms with Crippen LogP contribution in [-0.4, -0.2) is 18.9 Å². The van der Waals surface area contributed by atoms with Crippen molar-refractivity contribution in [3.63, 3.8) is 0 Å². The minimum absolute atomic E-state index is 0.258. The topological polar surface area (TPSA) is 67.4 Å². The first kappa shape index (κ1) is 19.6. The smallest absolute Gasteiger partial charge is 0.418 e. The molecular formula is C17H14ClF3N2O3. The van der Waals surface area contributed by atoms with Gasteiger partial charge in [0.05, 0.1) is 23.4 Å². The van der Waals surface area contributed by atoms with E-state index in [9.17, 15) is 22.8 Å². The molecule has 0 saturated heterocycles. The number of halogens is 4. The zero-order chi connectivity index (χ0) is 19.3. The van der Waals surface area contributed by atoms with E-state index in [-0.39, 0.29) is 5.02 Å². The lowest BCUT2D eigenvalue weighted by Crippen LogP contribution is -2.22. The summed E-state index contributed by atoms with van der Waals surface area (Å²) in [7, 11) is 1.43. The fraction of sp³-hybridized carbons (Fsp3) is 0.176. The molecule has 9 heteroatoms. The highest BCUT2D eigenvalue weighted by molar-refractivity contribution is 6.32. The van der Waals surface area contributed by atoms with Crippen molar-refractivity contribution in [2.75, 3.05) is 17.7 Å². The summed E-state index contributed by atoms with van der Waals surface area (Å²) in [6.45, 7) is 0. The molecule has 0 aliphatic carbocycles. The van der Waals surface area contributed by atoms with Gasteiger partial charge in [0.2, 0.25) is 11.8 Å². The third kappa shape index (κ3) is 5.13. The number of methoxy groups -OCH3 is 1. The molecule has 0 saturated carbocycles. The second-order valence-electron chi connectivity index (χ2n) is 5.17. The Morgan fingerprint density at radius 1 is 1.08 bits per heavy atom. The molecule has 2 rings (SSSR count). The van der Waals surface area contributed by atoms with Crippen molar-refractivity contribution in [2.45, 2.75) is 12.6 Å². The van der Waals surface area contributed by atoms with Gasteiger partial charge in [-0.25, -0.2) is 0 Å². The fourth-order valence-electron chi connectivity index (χ4n) is 2.13. The second-order valence-corrected chi connectivity index (χ2v) is 5.57. The molecule has 0 atom stereocenters. The molecule has 2 aromatic rings. The molecule has 0 aliphatic heterocycles. The summed E-state index contributed by atoms with van der Waals surface area (Å²) in [5.74, 6) is -1.17. The van der Waals surface area contributed by atoms with Gasteiger partial charge >= 0.3 is 6.18 Å². The van der Waals surface area contributed by atoms with E-state index >= 15 is 0 Å². The van der Waals surface area contributed by atoms with E-state index in [0.717, 1.165) is 12.1 Å². The predicted molar refractivity (Wildman–Crippen MR) is 91.3 cm³/mol. The van der Waals surface area contributed by atoms with Crippen molar-refractivity contribution in [1.82, 2.24) is 0 Å². The molecule has 138 valence electrons. The summed E-state index contributed by atoms with van der Waals surface area (Å²) in [5.41, 5.74) is -1.08. The Hall–Kier alpha value is -2.74. The maximum Gasteiger partial charge on any atom is 0.418 e. The van der Waals surface area contributed by atoms with Gasteiger partial charge in [-0.3, -0.25) is 9.59 Å². The van der Waals surface area contributed by atoms with Crippen molar-refractivity contribution < 1.29 is 27.5 Å². The molecule has 0 aliphatic rings. The molecule has 2 aromatic carbocycles. The Morgan fingerprint density at radius 3 is 2.35 bits per heavy atom. The van der Waals surface area contributed by atoms with Gasteiger partial charge in [0.1, 0.15) is 12.2 Å². The summed E-state index contributed by atoms with van der Waals surface area (Å²) < 4.78 is 43.7. The molecule has 0 spiro atoms. The van der Waals surface area contributed by atoms with Crippen molar-refractivity contribution in [3.8, 4) is 5.75 Å². The standard InChI is InChI=1S/C17H14ClF3N2O3/c1-26-14-7-6-10(8-12(14)18)22-15(24)9-16(25)23-13-5-3-2-4-11(13)17(19,20)21/h2-8H,9H2,1H3,(H,22,24)(H,23,25). The first-order valence-electron chi connectivity index (χ1n) is 7.30. The predicted octanol–water partition coefficient (Wildman–Crippen LogP) is 4.33. The Morgan fingerprint density at radius 2 is 1.73 bits per heavy atom. The zero-order valence-corrected chi connectivity index (χ0v) is 14.2. The van der Waals surface area contributed by atoms with Crippen LogP contribution in [0.1, 0.15) is 12.0 Å². The fourth-order valence-corrected chi connectivity index (χ4v) is 2.39. The lowest BCUT2D eigenvalue weighted by atomic mass is 10.1.